The zero-order chi connectivity index (χ0) is 13.3. The lowest BCUT2D eigenvalue weighted by Gasteiger charge is -2.18. The van der Waals surface area contributed by atoms with Crippen molar-refractivity contribution < 1.29 is 8.42 Å². The van der Waals surface area contributed by atoms with Crippen LogP contribution in [0.3, 0.4) is 0 Å². The van der Waals surface area contributed by atoms with Gasteiger partial charge in [0.15, 0.2) is 8.68 Å². The number of rotatable bonds is 3. The summed E-state index contributed by atoms with van der Waals surface area (Å²) in [4.78, 5) is 3.75. The van der Waals surface area contributed by atoms with Crippen LogP contribution in [0.15, 0.2) is 34.7 Å². The van der Waals surface area contributed by atoms with Crippen LogP contribution in [0.5, 0.6) is 0 Å². The lowest BCUT2D eigenvalue weighted by Crippen LogP contribution is -2.25. The molecule has 0 aliphatic carbocycles. The molecule has 0 saturated carbocycles. The standard InChI is InChI=1S/C11H11ClN2O2S2/c1-8-3-5-9(6-4-8)14(2)18(15,16)10-7-13-11(12)17-10/h3-7H,1-2H3. The molecule has 0 aliphatic rings. The molecule has 0 unspecified atom stereocenters. The van der Waals surface area contributed by atoms with Gasteiger partial charge in [-0.05, 0) is 19.1 Å². The van der Waals surface area contributed by atoms with Crippen molar-refractivity contribution in [3.05, 3.63) is 40.5 Å². The van der Waals surface area contributed by atoms with Crippen LogP contribution in [0.1, 0.15) is 5.56 Å². The van der Waals surface area contributed by atoms with Crippen LogP contribution >= 0.6 is 22.9 Å². The van der Waals surface area contributed by atoms with Crippen molar-refractivity contribution in [2.24, 2.45) is 0 Å². The van der Waals surface area contributed by atoms with E-state index in [2.05, 4.69) is 4.98 Å². The summed E-state index contributed by atoms with van der Waals surface area (Å²) >= 11 is 6.61. The van der Waals surface area contributed by atoms with Gasteiger partial charge < -0.3 is 0 Å². The minimum absolute atomic E-state index is 0.135. The molecule has 1 heterocycles. The SMILES string of the molecule is Cc1ccc(N(C)S(=O)(=O)c2cnc(Cl)s2)cc1. The molecule has 0 bridgehead atoms. The van der Waals surface area contributed by atoms with E-state index in [-0.39, 0.29) is 8.68 Å². The van der Waals surface area contributed by atoms with E-state index >= 15 is 0 Å². The van der Waals surface area contributed by atoms with Gasteiger partial charge in [-0.3, -0.25) is 4.31 Å². The Labute approximate surface area is 115 Å². The number of hydrogen-bond acceptors (Lipinski definition) is 4. The minimum atomic E-state index is -3.58. The molecule has 0 aliphatic heterocycles. The lowest BCUT2D eigenvalue weighted by atomic mass is 10.2. The highest BCUT2D eigenvalue weighted by Crippen LogP contribution is 2.27. The highest BCUT2D eigenvalue weighted by Gasteiger charge is 2.23. The second kappa shape index (κ2) is 4.87. The van der Waals surface area contributed by atoms with Gasteiger partial charge in [0.25, 0.3) is 10.0 Å². The number of thiazole rings is 1. The predicted octanol–water partition coefficient (Wildman–Crippen LogP) is 2.93. The summed E-state index contributed by atoms with van der Waals surface area (Å²) in [5, 5.41) is 0. The Morgan fingerprint density at radius 2 is 1.89 bits per heavy atom. The Morgan fingerprint density at radius 3 is 2.39 bits per heavy atom. The highest BCUT2D eigenvalue weighted by atomic mass is 35.5. The third-order valence-electron chi connectivity index (χ3n) is 2.47. The first-order chi connectivity index (χ1) is 8.41. The maximum absolute atomic E-state index is 12.3. The summed E-state index contributed by atoms with van der Waals surface area (Å²) < 4.78 is 26.1. The van der Waals surface area contributed by atoms with Crippen LogP contribution in [0.4, 0.5) is 5.69 Å². The highest BCUT2D eigenvalue weighted by molar-refractivity contribution is 7.94. The van der Waals surface area contributed by atoms with Crippen LogP contribution in [0.25, 0.3) is 0 Å². The van der Waals surface area contributed by atoms with Gasteiger partial charge in [-0.2, -0.15) is 0 Å². The first kappa shape index (κ1) is 13.3. The quantitative estimate of drug-likeness (QED) is 0.876. The van der Waals surface area contributed by atoms with E-state index in [9.17, 15) is 8.42 Å². The van der Waals surface area contributed by atoms with Crippen LogP contribution in [0.2, 0.25) is 4.47 Å². The van der Waals surface area contributed by atoms with E-state index in [1.807, 2.05) is 19.1 Å². The third-order valence-corrected chi connectivity index (χ3v) is 5.81. The van der Waals surface area contributed by atoms with Crippen molar-refractivity contribution in [1.29, 1.82) is 0 Å². The molecule has 2 rings (SSSR count). The van der Waals surface area contributed by atoms with Crippen molar-refractivity contribution in [2.45, 2.75) is 11.1 Å². The third kappa shape index (κ3) is 2.50. The summed E-state index contributed by atoms with van der Waals surface area (Å²) in [6.45, 7) is 1.95. The van der Waals surface area contributed by atoms with Gasteiger partial charge in [0.05, 0.1) is 11.9 Å². The minimum Gasteiger partial charge on any atom is -0.269 e. The molecule has 0 spiro atoms. The molecule has 1 aromatic heterocycles. The number of aryl methyl sites for hydroxylation is 1. The second-order valence-corrected chi connectivity index (χ2v) is 7.55. The number of halogens is 1. The van der Waals surface area contributed by atoms with Gasteiger partial charge in [0.1, 0.15) is 0 Å². The fourth-order valence-electron chi connectivity index (χ4n) is 1.39. The lowest BCUT2D eigenvalue weighted by molar-refractivity contribution is 0.596. The molecule has 1 aromatic carbocycles. The molecule has 96 valence electrons. The molecule has 7 heteroatoms. The van der Waals surface area contributed by atoms with Crippen LogP contribution in [-0.4, -0.2) is 20.4 Å². The molecule has 0 saturated heterocycles. The summed E-state index contributed by atoms with van der Waals surface area (Å²) in [7, 11) is -2.07. The van der Waals surface area contributed by atoms with Crippen molar-refractivity contribution in [3.8, 4) is 0 Å². The van der Waals surface area contributed by atoms with E-state index in [4.69, 9.17) is 11.6 Å². The summed E-state index contributed by atoms with van der Waals surface area (Å²) in [6, 6.07) is 7.24. The fraction of sp³-hybridized carbons (Fsp3) is 0.182. The van der Waals surface area contributed by atoms with Crippen molar-refractivity contribution in [3.63, 3.8) is 0 Å². The number of hydrogen-bond donors (Lipinski definition) is 0. The number of anilines is 1. The zero-order valence-corrected chi connectivity index (χ0v) is 12.2. The molecular weight excluding hydrogens is 292 g/mol. The molecule has 0 N–H and O–H groups in total. The van der Waals surface area contributed by atoms with Gasteiger partial charge in [0, 0.05) is 7.05 Å². The van der Waals surface area contributed by atoms with Crippen LogP contribution in [-0.2, 0) is 10.0 Å². The molecule has 18 heavy (non-hydrogen) atoms. The van der Waals surface area contributed by atoms with Crippen LogP contribution in [0, 0.1) is 6.92 Å². The van der Waals surface area contributed by atoms with E-state index in [1.54, 1.807) is 12.1 Å². The monoisotopic (exact) mass is 302 g/mol. The Bertz CT molecular complexity index is 650. The van der Waals surface area contributed by atoms with Gasteiger partial charge in [-0.1, -0.05) is 40.6 Å². The van der Waals surface area contributed by atoms with E-state index in [0.717, 1.165) is 16.9 Å². The molecule has 0 radical (unpaired) electrons. The first-order valence-corrected chi connectivity index (χ1v) is 7.71. The Balaban J connectivity index is 2.39. The molecule has 0 amide bonds. The van der Waals surface area contributed by atoms with Gasteiger partial charge >= 0.3 is 0 Å². The number of sulfonamides is 1. The van der Waals surface area contributed by atoms with Crippen LogP contribution < -0.4 is 4.31 Å². The maximum Gasteiger partial charge on any atom is 0.275 e. The topological polar surface area (TPSA) is 50.3 Å². The average molecular weight is 303 g/mol. The summed E-state index contributed by atoms with van der Waals surface area (Å²) in [5.41, 5.74) is 1.68. The smallest absolute Gasteiger partial charge is 0.269 e. The first-order valence-electron chi connectivity index (χ1n) is 5.08. The Hall–Kier alpha value is -1.11. The molecule has 2 aromatic rings. The van der Waals surface area contributed by atoms with E-state index in [0.29, 0.717) is 5.69 Å². The molecule has 4 nitrogen and oxygen atoms in total. The Morgan fingerprint density at radius 1 is 1.28 bits per heavy atom. The number of benzene rings is 1. The van der Waals surface area contributed by atoms with Crippen molar-refractivity contribution in [1.82, 2.24) is 4.98 Å². The van der Waals surface area contributed by atoms with Gasteiger partial charge in [0.2, 0.25) is 0 Å². The predicted molar refractivity (Wildman–Crippen MR) is 73.9 cm³/mol. The number of nitrogens with zero attached hydrogens (tertiary/aromatic N) is 2. The summed E-state index contributed by atoms with van der Waals surface area (Å²) in [5.74, 6) is 0. The Kier molecular flexibility index (Phi) is 3.61. The maximum atomic E-state index is 12.3. The average Bonchev–Trinajstić information content (AvgIpc) is 2.76. The molecule has 0 atom stereocenters. The zero-order valence-electron chi connectivity index (χ0n) is 9.79. The van der Waals surface area contributed by atoms with Crippen molar-refractivity contribution in [2.75, 3.05) is 11.4 Å². The summed E-state index contributed by atoms with van der Waals surface area (Å²) in [6.07, 6.45) is 1.27. The van der Waals surface area contributed by atoms with E-state index < -0.39 is 10.0 Å². The normalized spacial score (nSPS) is 11.5. The van der Waals surface area contributed by atoms with E-state index in [1.165, 1.54) is 17.5 Å². The second-order valence-electron chi connectivity index (χ2n) is 3.74. The van der Waals surface area contributed by atoms with Crippen molar-refractivity contribution >= 4 is 38.6 Å². The molecule has 0 fully saturated rings. The van der Waals surface area contributed by atoms with Gasteiger partial charge in [-0.25, -0.2) is 13.4 Å². The molecular formula is C11H11ClN2O2S2. The van der Waals surface area contributed by atoms with Gasteiger partial charge in [-0.15, -0.1) is 0 Å². The largest absolute Gasteiger partial charge is 0.275 e. The number of aromatic nitrogens is 1. The fourth-order valence-corrected chi connectivity index (χ4v) is 4.05.